The summed E-state index contributed by atoms with van der Waals surface area (Å²) in [6.45, 7) is 6.66. The first-order valence-corrected chi connectivity index (χ1v) is 5.39. The van der Waals surface area contributed by atoms with Gasteiger partial charge in [0.1, 0.15) is 0 Å². The van der Waals surface area contributed by atoms with E-state index in [1.54, 1.807) is 0 Å². The van der Waals surface area contributed by atoms with Crippen molar-refractivity contribution in [2.75, 3.05) is 13.1 Å². The Balaban J connectivity index is 2.00. The number of aromatic nitrogens is 1. The van der Waals surface area contributed by atoms with Gasteiger partial charge in [-0.05, 0) is 37.6 Å². The van der Waals surface area contributed by atoms with Gasteiger partial charge in [-0.25, -0.2) is 0 Å². The molecule has 0 amide bonds. The number of nitrogens with zero attached hydrogens (tertiary/aromatic N) is 1. The normalized spacial score (nSPS) is 30.3. The van der Waals surface area contributed by atoms with E-state index < -0.39 is 0 Å². The zero-order valence-electron chi connectivity index (χ0n) is 8.96. The van der Waals surface area contributed by atoms with E-state index in [0.717, 1.165) is 19.0 Å². The molecule has 2 unspecified atom stereocenters. The molecule has 1 aromatic rings. The number of rotatable bonds is 4. The van der Waals surface area contributed by atoms with Crippen LogP contribution in [-0.2, 0) is 5.41 Å². The van der Waals surface area contributed by atoms with E-state index in [1.165, 1.54) is 12.1 Å². The summed E-state index contributed by atoms with van der Waals surface area (Å²) in [5.74, 6) is 0.775. The molecule has 2 heteroatoms. The van der Waals surface area contributed by atoms with Crippen LogP contribution in [0.4, 0.5) is 0 Å². The molecule has 0 spiro atoms. The predicted octanol–water partition coefficient (Wildman–Crippen LogP) is 1.97. The lowest BCUT2D eigenvalue weighted by Gasteiger charge is -2.10. The van der Waals surface area contributed by atoms with E-state index in [4.69, 9.17) is 0 Å². The highest BCUT2D eigenvalue weighted by Gasteiger charge is 2.51. The molecule has 0 saturated heterocycles. The quantitative estimate of drug-likeness (QED) is 0.785. The van der Waals surface area contributed by atoms with Crippen molar-refractivity contribution < 1.29 is 0 Å². The number of hydrogen-bond acceptors (Lipinski definition) is 2. The van der Waals surface area contributed by atoms with E-state index in [2.05, 4.69) is 36.3 Å². The van der Waals surface area contributed by atoms with Gasteiger partial charge < -0.3 is 5.32 Å². The summed E-state index contributed by atoms with van der Waals surface area (Å²) in [5.41, 5.74) is 1.59. The highest BCUT2D eigenvalue weighted by molar-refractivity contribution is 5.26. The monoisotopic (exact) mass is 190 g/mol. The number of nitrogens with one attached hydrogen (secondary N) is 1. The Morgan fingerprint density at radius 2 is 2.43 bits per heavy atom. The summed E-state index contributed by atoms with van der Waals surface area (Å²) < 4.78 is 0. The molecule has 2 atom stereocenters. The summed E-state index contributed by atoms with van der Waals surface area (Å²) in [6.07, 6.45) is 3.17. The second-order valence-corrected chi connectivity index (χ2v) is 4.34. The first-order chi connectivity index (χ1) is 6.77. The zero-order valence-corrected chi connectivity index (χ0v) is 8.96. The third-order valence-corrected chi connectivity index (χ3v) is 3.30. The van der Waals surface area contributed by atoms with Crippen LogP contribution in [0.2, 0.25) is 0 Å². The molecule has 1 aromatic heterocycles. The second-order valence-electron chi connectivity index (χ2n) is 4.34. The summed E-state index contributed by atoms with van der Waals surface area (Å²) in [6, 6.07) is 6.21. The lowest BCUT2D eigenvalue weighted by atomic mass is 10.0. The highest BCUT2D eigenvalue weighted by atomic mass is 14.9. The molecular formula is C12H18N2. The molecule has 2 rings (SSSR count). The van der Waals surface area contributed by atoms with Gasteiger partial charge in [0.15, 0.2) is 0 Å². The molecule has 0 bridgehead atoms. The topological polar surface area (TPSA) is 24.9 Å². The summed E-state index contributed by atoms with van der Waals surface area (Å²) in [4.78, 5) is 4.44. The molecule has 0 radical (unpaired) electrons. The van der Waals surface area contributed by atoms with Gasteiger partial charge in [0.25, 0.3) is 0 Å². The fourth-order valence-electron chi connectivity index (χ4n) is 2.08. The lowest BCUT2D eigenvalue weighted by Crippen LogP contribution is -2.20. The maximum Gasteiger partial charge on any atom is 0.0465 e. The number of hydrogen-bond donors (Lipinski definition) is 1. The van der Waals surface area contributed by atoms with Gasteiger partial charge in [-0.1, -0.05) is 19.9 Å². The standard InChI is InChI=1S/C12H18N2/c1-3-13-9-10-8-12(10,2)11-6-4-5-7-14-11/h4-7,10,13H,3,8-9H2,1-2H3. The summed E-state index contributed by atoms with van der Waals surface area (Å²) in [7, 11) is 0. The SMILES string of the molecule is CCNCC1CC1(C)c1ccccn1. The molecule has 1 aliphatic carbocycles. The Labute approximate surface area is 85.7 Å². The third-order valence-electron chi connectivity index (χ3n) is 3.30. The molecule has 0 aliphatic heterocycles. The van der Waals surface area contributed by atoms with E-state index in [9.17, 15) is 0 Å². The average molecular weight is 190 g/mol. The van der Waals surface area contributed by atoms with Crippen molar-refractivity contribution in [2.45, 2.75) is 25.7 Å². The van der Waals surface area contributed by atoms with Crippen molar-refractivity contribution in [2.24, 2.45) is 5.92 Å². The zero-order chi connectivity index (χ0) is 10.0. The van der Waals surface area contributed by atoms with E-state index in [0.29, 0.717) is 5.41 Å². The Bertz CT molecular complexity index is 296. The third kappa shape index (κ3) is 1.67. The van der Waals surface area contributed by atoms with Gasteiger partial charge in [-0.3, -0.25) is 4.98 Å². The van der Waals surface area contributed by atoms with Gasteiger partial charge in [0, 0.05) is 17.3 Å². The maximum atomic E-state index is 4.44. The lowest BCUT2D eigenvalue weighted by molar-refractivity contribution is 0.582. The van der Waals surface area contributed by atoms with Crippen molar-refractivity contribution in [3.8, 4) is 0 Å². The van der Waals surface area contributed by atoms with E-state index in [-0.39, 0.29) is 0 Å². The first-order valence-electron chi connectivity index (χ1n) is 5.39. The van der Waals surface area contributed by atoms with E-state index in [1.807, 2.05) is 12.3 Å². The van der Waals surface area contributed by atoms with Crippen LogP contribution in [-0.4, -0.2) is 18.1 Å². The van der Waals surface area contributed by atoms with Crippen LogP contribution >= 0.6 is 0 Å². The van der Waals surface area contributed by atoms with Gasteiger partial charge in [-0.2, -0.15) is 0 Å². The fraction of sp³-hybridized carbons (Fsp3) is 0.583. The van der Waals surface area contributed by atoms with Gasteiger partial charge in [-0.15, -0.1) is 0 Å². The molecule has 1 fully saturated rings. The van der Waals surface area contributed by atoms with Gasteiger partial charge >= 0.3 is 0 Å². The molecule has 0 aromatic carbocycles. The fourth-order valence-corrected chi connectivity index (χ4v) is 2.08. The predicted molar refractivity (Wildman–Crippen MR) is 58.2 cm³/mol. The molecule has 14 heavy (non-hydrogen) atoms. The van der Waals surface area contributed by atoms with Gasteiger partial charge in [0.2, 0.25) is 0 Å². The minimum atomic E-state index is 0.337. The maximum absolute atomic E-state index is 4.44. The molecule has 1 heterocycles. The van der Waals surface area contributed by atoms with Crippen molar-refractivity contribution in [3.05, 3.63) is 30.1 Å². The summed E-state index contributed by atoms with van der Waals surface area (Å²) >= 11 is 0. The Kier molecular flexibility index (Phi) is 2.55. The summed E-state index contributed by atoms with van der Waals surface area (Å²) in [5, 5.41) is 3.41. The highest BCUT2D eigenvalue weighted by Crippen LogP contribution is 2.52. The van der Waals surface area contributed by atoms with Crippen molar-refractivity contribution in [1.82, 2.24) is 10.3 Å². The number of pyridine rings is 1. The minimum absolute atomic E-state index is 0.337. The van der Waals surface area contributed by atoms with Crippen LogP contribution < -0.4 is 5.32 Å². The molecule has 1 aliphatic rings. The van der Waals surface area contributed by atoms with Crippen LogP contribution in [0.5, 0.6) is 0 Å². The van der Waals surface area contributed by atoms with Crippen LogP contribution in [0.15, 0.2) is 24.4 Å². The second kappa shape index (κ2) is 3.70. The van der Waals surface area contributed by atoms with Crippen molar-refractivity contribution >= 4 is 0 Å². The molecule has 76 valence electrons. The van der Waals surface area contributed by atoms with E-state index >= 15 is 0 Å². The van der Waals surface area contributed by atoms with Crippen LogP contribution in [0.1, 0.15) is 26.0 Å². The van der Waals surface area contributed by atoms with Crippen LogP contribution in [0.3, 0.4) is 0 Å². The largest absolute Gasteiger partial charge is 0.317 e. The van der Waals surface area contributed by atoms with Crippen LogP contribution in [0, 0.1) is 5.92 Å². The average Bonchev–Trinajstić information content (AvgIpc) is 2.90. The van der Waals surface area contributed by atoms with Crippen molar-refractivity contribution in [3.63, 3.8) is 0 Å². The Hall–Kier alpha value is -0.890. The van der Waals surface area contributed by atoms with Crippen LogP contribution in [0.25, 0.3) is 0 Å². The Morgan fingerprint density at radius 3 is 3.07 bits per heavy atom. The molecule has 2 nitrogen and oxygen atoms in total. The smallest absolute Gasteiger partial charge is 0.0465 e. The van der Waals surface area contributed by atoms with Gasteiger partial charge in [0.05, 0.1) is 0 Å². The molecule has 1 saturated carbocycles. The molecule has 1 N–H and O–H groups in total. The van der Waals surface area contributed by atoms with Crippen molar-refractivity contribution in [1.29, 1.82) is 0 Å². The Morgan fingerprint density at radius 1 is 1.57 bits per heavy atom. The minimum Gasteiger partial charge on any atom is -0.317 e. The first kappa shape index (κ1) is 9.66. The molecular weight excluding hydrogens is 172 g/mol.